The predicted octanol–water partition coefficient (Wildman–Crippen LogP) is 2.20. The van der Waals surface area contributed by atoms with Crippen LogP contribution in [-0.2, 0) is 9.59 Å². The molecule has 1 fully saturated rings. The molecule has 17 heavy (non-hydrogen) atoms. The number of carbonyl (C=O) groups is 2. The zero-order chi connectivity index (χ0) is 13.0. The highest BCUT2D eigenvalue weighted by Gasteiger charge is 2.33. The van der Waals surface area contributed by atoms with Crippen LogP contribution in [0, 0.1) is 0 Å². The van der Waals surface area contributed by atoms with Crippen molar-refractivity contribution in [2.75, 3.05) is 6.54 Å². The van der Waals surface area contributed by atoms with Gasteiger partial charge in [0, 0.05) is 23.7 Å². The number of unbranched alkanes of at least 4 members (excludes halogenated alkanes) is 1. The number of carboxylic acid groups (broad SMARTS) is 1. The van der Waals surface area contributed by atoms with Gasteiger partial charge in [0.1, 0.15) is 0 Å². The summed E-state index contributed by atoms with van der Waals surface area (Å²) in [5.41, 5.74) is 0.512. The Hall–Kier alpha value is -1.32. The van der Waals surface area contributed by atoms with Crippen LogP contribution in [0.15, 0.2) is 11.1 Å². The van der Waals surface area contributed by atoms with E-state index in [0.717, 1.165) is 32.2 Å². The number of hydrogen-bond donors (Lipinski definition) is 1. The number of nitrogens with zero attached hydrogens (tertiary/aromatic N) is 1. The van der Waals surface area contributed by atoms with Gasteiger partial charge in [-0.1, -0.05) is 13.3 Å². The van der Waals surface area contributed by atoms with Crippen molar-refractivity contribution in [3.63, 3.8) is 0 Å². The standard InChI is InChI=1S/C13H21NO3/c1-4-5-8-14(11-6-7-11)12(15)9(2)10(3)13(16)17/h11H,4-8H2,1-3H3,(H,16,17). The lowest BCUT2D eigenvalue weighted by atomic mass is 10.1. The van der Waals surface area contributed by atoms with Crippen LogP contribution in [0.2, 0.25) is 0 Å². The number of hydrogen-bond acceptors (Lipinski definition) is 2. The minimum Gasteiger partial charge on any atom is -0.478 e. The Morgan fingerprint density at radius 1 is 1.24 bits per heavy atom. The fraction of sp³-hybridized carbons (Fsp3) is 0.692. The third-order valence-electron chi connectivity index (χ3n) is 3.21. The molecule has 4 nitrogen and oxygen atoms in total. The van der Waals surface area contributed by atoms with Crippen LogP contribution in [0.25, 0.3) is 0 Å². The Morgan fingerprint density at radius 3 is 2.24 bits per heavy atom. The van der Waals surface area contributed by atoms with Crippen molar-refractivity contribution in [2.24, 2.45) is 0 Å². The van der Waals surface area contributed by atoms with Crippen molar-refractivity contribution in [1.82, 2.24) is 4.90 Å². The zero-order valence-corrected chi connectivity index (χ0v) is 10.8. The van der Waals surface area contributed by atoms with E-state index in [4.69, 9.17) is 5.11 Å². The Morgan fingerprint density at radius 2 is 1.82 bits per heavy atom. The number of carboxylic acids is 1. The lowest BCUT2D eigenvalue weighted by molar-refractivity contribution is -0.134. The first kappa shape index (κ1) is 13.7. The van der Waals surface area contributed by atoms with Crippen LogP contribution >= 0.6 is 0 Å². The molecule has 0 aromatic rings. The molecule has 0 atom stereocenters. The van der Waals surface area contributed by atoms with Crippen LogP contribution in [0.4, 0.5) is 0 Å². The summed E-state index contributed by atoms with van der Waals surface area (Å²) in [6.07, 6.45) is 4.11. The van der Waals surface area contributed by atoms with Crippen molar-refractivity contribution in [3.8, 4) is 0 Å². The first-order valence-corrected chi connectivity index (χ1v) is 6.20. The van der Waals surface area contributed by atoms with Gasteiger partial charge < -0.3 is 10.0 Å². The summed E-state index contributed by atoms with van der Waals surface area (Å²) in [5.74, 6) is -1.12. The molecule has 0 aromatic heterocycles. The lowest BCUT2D eigenvalue weighted by Crippen LogP contribution is -2.35. The quantitative estimate of drug-likeness (QED) is 0.723. The Kier molecular flexibility index (Phi) is 4.73. The van der Waals surface area contributed by atoms with Gasteiger partial charge in [-0.15, -0.1) is 0 Å². The Balaban J connectivity index is 2.77. The van der Waals surface area contributed by atoms with Gasteiger partial charge >= 0.3 is 5.97 Å². The summed E-state index contributed by atoms with van der Waals surface area (Å²) in [4.78, 5) is 24.9. The minimum absolute atomic E-state index is 0.110. The molecule has 0 radical (unpaired) electrons. The molecule has 1 aliphatic rings. The van der Waals surface area contributed by atoms with E-state index >= 15 is 0 Å². The van der Waals surface area contributed by atoms with E-state index in [-0.39, 0.29) is 11.5 Å². The Labute approximate surface area is 102 Å². The minimum atomic E-state index is -1.01. The van der Waals surface area contributed by atoms with Crippen LogP contribution in [-0.4, -0.2) is 34.5 Å². The van der Waals surface area contributed by atoms with Gasteiger partial charge in [0.05, 0.1) is 0 Å². The molecule has 0 spiro atoms. The van der Waals surface area contributed by atoms with E-state index in [1.54, 1.807) is 6.92 Å². The van der Waals surface area contributed by atoms with E-state index in [1.807, 2.05) is 4.90 Å². The first-order valence-electron chi connectivity index (χ1n) is 6.20. The highest BCUT2D eigenvalue weighted by atomic mass is 16.4. The van der Waals surface area contributed by atoms with Gasteiger partial charge in [-0.2, -0.15) is 0 Å². The molecule has 1 saturated carbocycles. The molecule has 1 aliphatic carbocycles. The molecule has 4 heteroatoms. The maximum Gasteiger partial charge on any atom is 0.331 e. The highest BCUT2D eigenvalue weighted by Crippen LogP contribution is 2.28. The van der Waals surface area contributed by atoms with E-state index < -0.39 is 5.97 Å². The van der Waals surface area contributed by atoms with Gasteiger partial charge in [0.15, 0.2) is 0 Å². The van der Waals surface area contributed by atoms with Gasteiger partial charge in [-0.3, -0.25) is 4.79 Å². The number of aliphatic carboxylic acids is 1. The molecule has 0 unspecified atom stereocenters. The van der Waals surface area contributed by atoms with Gasteiger partial charge in [0.2, 0.25) is 5.91 Å². The maximum atomic E-state index is 12.2. The number of amides is 1. The van der Waals surface area contributed by atoms with Crippen LogP contribution < -0.4 is 0 Å². The second kappa shape index (κ2) is 5.84. The van der Waals surface area contributed by atoms with Crippen molar-refractivity contribution in [3.05, 3.63) is 11.1 Å². The fourth-order valence-corrected chi connectivity index (χ4v) is 1.70. The number of rotatable bonds is 6. The molecule has 1 N–H and O–H groups in total. The molecular weight excluding hydrogens is 218 g/mol. The smallest absolute Gasteiger partial charge is 0.331 e. The largest absolute Gasteiger partial charge is 0.478 e. The normalized spacial score (nSPS) is 16.4. The third-order valence-corrected chi connectivity index (χ3v) is 3.21. The average Bonchev–Trinajstić information content (AvgIpc) is 3.11. The second-order valence-electron chi connectivity index (χ2n) is 4.64. The highest BCUT2D eigenvalue weighted by molar-refractivity contribution is 6.01. The summed E-state index contributed by atoms with van der Waals surface area (Å²) in [6.45, 7) is 5.92. The SMILES string of the molecule is CCCCN(C(=O)C(C)=C(C)C(=O)O)C1CC1. The molecule has 0 aromatic carbocycles. The molecule has 1 amide bonds. The van der Waals surface area contributed by atoms with Crippen molar-refractivity contribution < 1.29 is 14.7 Å². The lowest BCUT2D eigenvalue weighted by Gasteiger charge is -2.23. The maximum absolute atomic E-state index is 12.2. The van der Waals surface area contributed by atoms with E-state index in [1.165, 1.54) is 6.92 Å². The predicted molar refractivity (Wildman–Crippen MR) is 65.7 cm³/mol. The van der Waals surface area contributed by atoms with Crippen LogP contribution in [0.1, 0.15) is 46.5 Å². The van der Waals surface area contributed by atoms with E-state index in [0.29, 0.717) is 11.6 Å². The zero-order valence-electron chi connectivity index (χ0n) is 10.8. The van der Waals surface area contributed by atoms with Gasteiger partial charge in [0.25, 0.3) is 0 Å². The molecule has 0 saturated heterocycles. The fourth-order valence-electron chi connectivity index (χ4n) is 1.70. The van der Waals surface area contributed by atoms with Crippen LogP contribution in [0.5, 0.6) is 0 Å². The third kappa shape index (κ3) is 3.58. The summed E-state index contributed by atoms with van der Waals surface area (Å²) >= 11 is 0. The second-order valence-corrected chi connectivity index (χ2v) is 4.64. The van der Waals surface area contributed by atoms with Gasteiger partial charge in [-0.25, -0.2) is 4.79 Å². The van der Waals surface area contributed by atoms with Crippen molar-refractivity contribution in [1.29, 1.82) is 0 Å². The monoisotopic (exact) mass is 239 g/mol. The van der Waals surface area contributed by atoms with Crippen LogP contribution in [0.3, 0.4) is 0 Å². The molecule has 0 heterocycles. The van der Waals surface area contributed by atoms with Crippen molar-refractivity contribution in [2.45, 2.75) is 52.5 Å². The van der Waals surface area contributed by atoms with E-state index in [2.05, 4.69) is 6.92 Å². The summed E-state index contributed by atoms with van der Waals surface area (Å²) in [5, 5.41) is 8.88. The molecule has 96 valence electrons. The summed E-state index contributed by atoms with van der Waals surface area (Å²) in [6, 6.07) is 0.339. The van der Waals surface area contributed by atoms with Crippen molar-refractivity contribution >= 4 is 11.9 Å². The summed E-state index contributed by atoms with van der Waals surface area (Å²) in [7, 11) is 0. The first-order chi connectivity index (χ1) is 7.99. The number of carbonyl (C=O) groups excluding carboxylic acids is 1. The van der Waals surface area contributed by atoms with E-state index in [9.17, 15) is 9.59 Å². The summed E-state index contributed by atoms with van der Waals surface area (Å²) < 4.78 is 0. The molecule has 0 aliphatic heterocycles. The molecular formula is C13H21NO3. The average molecular weight is 239 g/mol. The molecule has 0 bridgehead atoms. The molecule has 1 rings (SSSR count). The van der Waals surface area contributed by atoms with Gasteiger partial charge in [-0.05, 0) is 33.1 Å². The Bertz CT molecular complexity index is 343. The topological polar surface area (TPSA) is 57.6 Å².